The molecule has 216 valence electrons. The van der Waals surface area contributed by atoms with Gasteiger partial charge in [-0.3, -0.25) is 9.59 Å². The number of fused-ring (bicyclic) bond motifs is 4. The van der Waals surface area contributed by atoms with Gasteiger partial charge < -0.3 is 24.7 Å². The highest BCUT2D eigenvalue weighted by Gasteiger charge is 2.82. The first kappa shape index (κ1) is 28.5. The Balaban J connectivity index is 1.59. The van der Waals surface area contributed by atoms with Gasteiger partial charge >= 0.3 is 0 Å². The quantitative estimate of drug-likeness (QED) is 0.159. The van der Waals surface area contributed by atoms with Crippen LogP contribution >= 0.6 is 0 Å². The molecule has 0 unspecified atom stereocenters. The van der Waals surface area contributed by atoms with E-state index in [4.69, 9.17) is 9.16 Å². The van der Waals surface area contributed by atoms with Gasteiger partial charge in [-0.25, -0.2) is 0 Å². The van der Waals surface area contributed by atoms with Crippen LogP contribution in [0.1, 0.15) is 77.6 Å². The van der Waals surface area contributed by atoms with E-state index >= 15 is 0 Å². The van der Waals surface area contributed by atoms with Crippen LogP contribution in [0.2, 0.25) is 18.1 Å². The Morgan fingerprint density at radius 3 is 2.33 bits per heavy atom. The van der Waals surface area contributed by atoms with Crippen molar-refractivity contribution >= 4 is 25.6 Å². The number of ether oxygens (including phenoxy) is 1. The molecule has 0 amide bonds. The Bertz CT molecular complexity index is 1680. The highest BCUT2D eigenvalue weighted by molar-refractivity contribution is 6.73. The maximum absolute atomic E-state index is 14.1. The van der Waals surface area contributed by atoms with Crippen molar-refractivity contribution < 1.29 is 29.0 Å². The molecule has 4 aliphatic rings. The number of phenolic OH excluding ortho intramolecular Hbond substituents is 1. The molecule has 42 heavy (non-hydrogen) atoms. The van der Waals surface area contributed by atoms with Crippen molar-refractivity contribution in [2.75, 3.05) is 5.32 Å². The van der Waals surface area contributed by atoms with Gasteiger partial charge in [-0.1, -0.05) is 63.5 Å². The van der Waals surface area contributed by atoms with E-state index in [1.165, 1.54) is 6.07 Å². The number of aliphatic hydroxyl groups excluding tert-OH is 1. The Labute approximate surface area is 247 Å². The van der Waals surface area contributed by atoms with Gasteiger partial charge in [0.1, 0.15) is 11.8 Å². The Morgan fingerprint density at radius 2 is 1.67 bits per heavy atom. The van der Waals surface area contributed by atoms with Gasteiger partial charge in [-0.05, 0) is 61.3 Å². The number of aliphatic hydroxyl groups is 1. The van der Waals surface area contributed by atoms with E-state index < -0.39 is 43.6 Å². The minimum absolute atomic E-state index is 0.0581. The lowest BCUT2D eigenvalue weighted by Gasteiger charge is -2.41. The van der Waals surface area contributed by atoms with E-state index in [1.54, 1.807) is 24.3 Å². The molecule has 5 atom stereocenters. The molecule has 0 spiro atoms. The van der Waals surface area contributed by atoms with Crippen molar-refractivity contribution in [1.82, 2.24) is 0 Å². The maximum Gasteiger partial charge on any atom is 0.198 e. The lowest BCUT2D eigenvalue weighted by molar-refractivity contribution is 0.0966. The Morgan fingerprint density at radius 1 is 1.00 bits per heavy atom. The zero-order valence-electron chi connectivity index (χ0n) is 24.6. The normalized spacial score (nSPS) is 27.9. The molecule has 6 rings (SSSR count). The number of hydrogen-bond donors (Lipinski definition) is 3. The Kier molecular flexibility index (Phi) is 6.75. The number of aryl methyl sites for hydroxylation is 1. The number of nitrogens with one attached hydrogen (secondary N) is 1. The summed E-state index contributed by atoms with van der Waals surface area (Å²) in [5, 5.41) is 26.5. The van der Waals surface area contributed by atoms with Crippen LogP contribution in [-0.4, -0.2) is 53.9 Å². The topological polar surface area (TPSA) is 108 Å². The lowest BCUT2D eigenvalue weighted by Crippen LogP contribution is -2.57. The standard InChI is InChI=1S/C34H35NO6Si/c1-6-21-16-17-22-23(18-21)32(39)28-25(36)19-24-30(29(28)31(22)38)35-26-14-12-10-11-13-15-27(37)34(24)33(26,41-34)20(5)40-42(7-2,8-3)9-4/h10-11,16-20,26-27,35-37H,6-9H2,1-5H3/b11-10-/t20-,26+,27-,33+,34+/m1/s1. The number of hydrogen-bond acceptors (Lipinski definition) is 7. The summed E-state index contributed by atoms with van der Waals surface area (Å²) in [7, 11) is -2.14. The number of carbonyl (C=O) groups excluding carboxylic acids is 2. The van der Waals surface area contributed by atoms with Gasteiger partial charge in [0.2, 0.25) is 0 Å². The zero-order valence-corrected chi connectivity index (χ0v) is 25.6. The minimum Gasteiger partial charge on any atom is -0.507 e. The third-order valence-electron chi connectivity index (χ3n) is 9.77. The Hall–Kier alpha value is -3.66. The molecule has 1 saturated heterocycles. The third-order valence-corrected chi connectivity index (χ3v) is 14.5. The number of phenols is 1. The van der Waals surface area contributed by atoms with Crippen LogP contribution in [0.5, 0.6) is 5.75 Å². The predicted molar refractivity (Wildman–Crippen MR) is 162 cm³/mol. The molecule has 7 nitrogen and oxygen atoms in total. The number of aromatic hydroxyl groups is 1. The summed E-state index contributed by atoms with van der Waals surface area (Å²) in [5.74, 6) is 10.8. The van der Waals surface area contributed by atoms with E-state index in [0.29, 0.717) is 17.7 Å². The molecule has 0 aromatic heterocycles. The first-order valence-electron chi connectivity index (χ1n) is 14.8. The highest BCUT2D eigenvalue weighted by Crippen LogP contribution is 2.68. The zero-order chi connectivity index (χ0) is 30.0. The van der Waals surface area contributed by atoms with Gasteiger partial charge in [0.15, 0.2) is 37.2 Å². The van der Waals surface area contributed by atoms with Crippen LogP contribution in [-0.2, 0) is 21.2 Å². The van der Waals surface area contributed by atoms with Crippen molar-refractivity contribution in [2.24, 2.45) is 0 Å². The summed E-state index contributed by atoms with van der Waals surface area (Å²) in [6.45, 7) is 10.4. The number of rotatable bonds is 7. The summed E-state index contributed by atoms with van der Waals surface area (Å²) in [6.07, 6.45) is 2.04. The van der Waals surface area contributed by atoms with Crippen molar-refractivity contribution in [1.29, 1.82) is 0 Å². The summed E-state index contributed by atoms with van der Waals surface area (Å²) >= 11 is 0. The van der Waals surface area contributed by atoms with Crippen LogP contribution in [0.25, 0.3) is 0 Å². The molecule has 0 saturated carbocycles. The van der Waals surface area contributed by atoms with E-state index in [2.05, 4.69) is 49.8 Å². The van der Waals surface area contributed by atoms with E-state index in [-0.39, 0.29) is 33.8 Å². The molecular formula is C34H35NO6Si. The average Bonchev–Trinajstić information content (AvgIpc) is 3.73. The second kappa shape index (κ2) is 9.96. The van der Waals surface area contributed by atoms with Gasteiger partial charge in [-0.2, -0.15) is 0 Å². The van der Waals surface area contributed by atoms with Gasteiger partial charge in [0.05, 0.1) is 22.9 Å². The number of benzene rings is 2. The molecule has 1 fully saturated rings. The summed E-state index contributed by atoms with van der Waals surface area (Å²) in [5.41, 5.74) is -0.475. The predicted octanol–water partition coefficient (Wildman–Crippen LogP) is 4.84. The molecule has 2 bridgehead atoms. The second-order valence-corrected chi connectivity index (χ2v) is 16.2. The number of allylic oxidation sites excluding steroid dienone is 2. The monoisotopic (exact) mass is 581 g/mol. The van der Waals surface area contributed by atoms with Crippen molar-refractivity contribution in [3.63, 3.8) is 0 Å². The van der Waals surface area contributed by atoms with Crippen molar-refractivity contribution in [3.8, 4) is 29.4 Å². The molecule has 2 heterocycles. The fraction of sp³-hybridized carbons (Fsp3) is 0.412. The van der Waals surface area contributed by atoms with Crippen LogP contribution in [0.15, 0.2) is 36.4 Å². The van der Waals surface area contributed by atoms with Gasteiger partial charge in [-0.15, -0.1) is 0 Å². The van der Waals surface area contributed by atoms with E-state index in [9.17, 15) is 19.8 Å². The molecule has 8 heteroatoms. The molecule has 2 aliphatic heterocycles. The molecule has 0 radical (unpaired) electrons. The molecule has 2 aromatic carbocycles. The third kappa shape index (κ3) is 3.66. The second-order valence-electron chi connectivity index (χ2n) is 11.5. The summed E-state index contributed by atoms with van der Waals surface area (Å²) in [4.78, 5) is 27.9. The fourth-order valence-corrected chi connectivity index (χ4v) is 10.1. The van der Waals surface area contributed by atoms with Gasteiger partial charge in [0.25, 0.3) is 0 Å². The van der Waals surface area contributed by atoms with E-state index in [0.717, 1.165) is 23.7 Å². The lowest BCUT2D eigenvalue weighted by atomic mass is 9.69. The largest absolute Gasteiger partial charge is 0.507 e. The van der Waals surface area contributed by atoms with Crippen LogP contribution < -0.4 is 5.32 Å². The van der Waals surface area contributed by atoms with Crippen LogP contribution in [0.3, 0.4) is 0 Å². The molecule has 3 N–H and O–H groups in total. The first-order chi connectivity index (χ1) is 20.1. The smallest absolute Gasteiger partial charge is 0.198 e. The molecule has 2 aliphatic carbocycles. The van der Waals surface area contributed by atoms with Gasteiger partial charge in [0, 0.05) is 16.7 Å². The highest BCUT2D eigenvalue weighted by atomic mass is 28.4. The number of ketones is 2. The van der Waals surface area contributed by atoms with E-state index in [1.807, 2.05) is 19.9 Å². The summed E-state index contributed by atoms with van der Waals surface area (Å²) in [6, 6.07) is 8.72. The van der Waals surface area contributed by atoms with Crippen LogP contribution in [0.4, 0.5) is 5.69 Å². The van der Waals surface area contributed by atoms with Crippen LogP contribution in [0, 0.1) is 23.7 Å². The first-order valence-corrected chi connectivity index (χ1v) is 17.3. The minimum atomic E-state index is -2.14. The van der Waals surface area contributed by atoms with Crippen molar-refractivity contribution in [3.05, 3.63) is 69.8 Å². The van der Waals surface area contributed by atoms with Crippen molar-refractivity contribution in [2.45, 2.75) is 88.6 Å². The average molecular weight is 582 g/mol. The number of anilines is 1. The fourth-order valence-electron chi connectivity index (χ4n) is 7.15. The summed E-state index contributed by atoms with van der Waals surface area (Å²) < 4.78 is 13.6. The number of epoxide rings is 1. The maximum atomic E-state index is 14.1. The number of carbonyl (C=O) groups is 2. The molecular weight excluding hydrogens is 546 g/mol. The SMILES string of the molecule is CCc1ccc2c(c1)C(=O)c1c(O)cc3c(c1C2=O)N[C@H]1C#C/C=C\C#C[C@@H](O)[C@@]32O[C@@]12[C@@H](C)O[Si](CC)(CC)CC. The molecule has 2 aromatic rings.